The topological polar surface area (TPSA) is 32.5 Å². The number of anilines is 1. The lowest BCUT2D eigenvalue weighted by molar-refractivity contribution is 0.168. The number of benzene rings is 1. The molecule has 2 rings (SSSR count). The summed E-state index contributed by atoms with van der Waals surface area (Å²) in [6.45, 7) is 8.84. The minimum atomic E-state index is -0.126. The second-order valence-electron chi connectivity index (χ2n) is 5.99. The quantitative estimate of drug-likeness (QED) is 0.898. The summed E-state index contributed by atoms with van der Waals surface area (Å²) in [5, 5.41) is 0. The molecule has 0 saturated carbocycles. The van der Waals surface area contributed by atoms with Gasteiger partial charge in [0.1, 0.15) is 5.82 Å². The molecule has 2 N–H and O–H groups in total. The molecule has 0 radical (unpaired) electrons. The lowest BCUT2D eigenvalue weighted by Gasteiger charge is -2.40. The van der Waals surface area contributed by atoms with Crippen molar-refractivity contribution in [3.05, 3.63) is 30.1 Å². The van der Waals surface area contributed by atoms with E-state index >= 15 is 0 Å². The van der Waals surface area contributed by atoms with Crippen molar-refractivity contribution in [1.29, 1.82) is 0 Å². The average molecular weight is 279 g/mol. The van der Waals surface area contributed by atoms with Crippen LogP contribution in [0.3, 0.4) is 0 Å². The van der Waals surface area contributed by atoms with Crippen LogP contribution in [0, 0.1) is 11.7 Å². The van der Waals surface area contributed by atoms with E-state index < -0.39 is 0 Å². The lowest BCUT2D eigenvalue weighted by Crippen LogP contribution is -2.52. The Labute approximate surface area is 121 Å². The molecule has 3 nitrogen and oxygen atoms in total. The number of halogens is 1. The van der Waals surface area contributed by atoms with E-state index in [1.807, 2.05) is 12.1 Å². The number of nitrogens with zero attached hydrogens (tertiary/aromatic N) is 2. The second-order valence-corrected chi connectivity index (χ2v) is 5.99. The number of nitrogens with two attached hydrogens (primary N) is 1. The van der Waals surface area contributed by atoms with Crippen LogP contribution in [0.15, 0.2) is 24.3 Å². The first-order chi connectivity index (χ1) is 9.61. The van der Waals surface area contributed by atoms with Gasteiger partial charge in [0.25, 0.3) is 0 Å². The maximum absolute atomic E-state index is 13.8. The third kappa shape index (κ3) is 3.70. The molecular formula is C16H26FN3. The van der Waals surface area contributed by atoms with Crippen LogP contribution in [0.2, 0.25) is 0 Å². The first-order valence-corrected chi connectivity index (χ1v) is 7.55. The molecule has 1 aromatic rings. The number of para-hydroxylation sites is 1. The van der Waals surface area contributed by atoms with Gasteiger partial charge in [-0.3, -0.25) is 4.90 Å². The zero-order valence-corrected chi connectivity index (χ0v) is 12.6. The Morgan fingerprint density at radius 2 is 1.80 bits per heavy atom. The predicted octanol–water partition coefficient (Wildman–Crippen LogP) is 2.32. The van der Waals surface area contributed by atoms with E-state index in [1.165, 1.54) is 6.07 Å². The fourth-order valence-electron chi connectivity index (χ4n) is 2.97. The van der Waals surface area contributed by atoms with Gasteiger partial charge in [0.15, 0.2) is 0 Å². The van der Waals surface area contributed by atoms with Crippen LogP contribution in [0.4, 0.5) is 10.1 Å². The maximum atomic E-state index is 13.8. The first kappa shape index (κ1) is 15.3. The molecule has 1 unspecified atom stereocenters. The van der Waals surface area contributed by atoms with Crippen LogP contribution in [-0.4, -0.2) is 43.7 Å². The molecule has 1 heterocycles. The Morgan fingerprint density at radius 3 is 2.35 bits per heavy atom. The van der Waals surface area contributed by atoms with Gasteiger partial charge in [-0.05, 0) is 24.5 Å². The highest BCUT2D eigenvalue weighted by molar-refractivity contribution is 5.48. The molecule has 0 spiro atoms. The summed E-state index contributed by atoms with van der Waals surface area (Å²) >= 11 is 0. The molecule has 1 atom stereocenters. The molecule has 0 amide bonds. The van der Waals surface area contributed by atoms with Gasteiger partial charge in [-0.1, -0.05) is 26.0 Å². The van der Waals surface area contributed by atoms with Crippen molar-refractivity contribution in [1.82, 2.24) is 4.90 Å². The van der Waals surface area contributed by atoms with Gasteiger partial charge in [-0.15, -0.1) is 0 Å². The fraction of sp³-hybridized carbons (Fsp3) is 0.625. The average Bonchev–Trinajstić information content (AvgIpc) is 2.45. The molecule has 112 valence electrons. The molecule has 1 saturated heterocycles. The van der Waals surface area contributed by atoms with Gasteiger partial charge < -0.3 is 10.6 Å². The van der Waals surface area contributed by atoms with Crippen LogP contribution < -0.4 is 10.6 Å². The van der Waals surface area contributed by atoms with Crippen molar-refractivity contribution in [3.8, 4) is 0 Å². The van der Waals surface area contributed by atoms with E-state index in [4.69, 9.17) is 5.73 Å². The molecule has 1 fully saturated rings. The van der Waals surface area contributed by atoms with Gasteiger partial charge in [0.2, 0.25) is 0 Å². The number of piperazine rings is 1. The molecule has 1 aromatic carbocycles. The van der Waals surface area contributed by atoms with E-state index in [-0.39, 0.29) is 5.82 Å². The molecule has 4 heteroatoms. The second kappa shape index (κ2) is 7.04. The summed E-state index contributed by atoms with van der Waals surface area (Å²) in [6, 6.07) is 7.48. The van der Waals surface area contributed by atoms with Crippen molar-refractivity contribution in [2.45, 2.75) is 26.3 Å². The van der Waals surface area contributed by atoms with Crippen molar-refractivity contribution < 1.29 is 4.39 Å². The third-order valence-electron chi connectivity index (χ3n) is 4.04. The molecule has 20 heavy (non-hydrogen) atoms. The highest BCUT2D eigenvalue weighted by Gasteiger charge is 2.24. The fourth-order valence-corrected chi connectivity index (χ4v) is 2.97. The maximum Gasteiger partial charge on any atom is 0.146 e. The zero-order valence-electron chi connectivity index (χ0n) is 12.6. The highest BCUT2D eigenvalue weighted by Crippen LogP contribution is 2.21. The highest BCUT2D eigenvalue weighted by atomic mass is 19.1. The van der Waals surface area contributed by atoms with Gasteiger partial charge in [-0.2, -0.15) is 0 Å². The minimum absolute atomic E-state index is 0.126. The zero-order chi connectivity index (χ0) is 14.5. The number of hydrogen-bond acceptors (Lipinski definition) is 3. The normalized spacial score (nSPS) is 18.6. The molecule has 1 aliphatic rings. The largest absolute Gasteiger partial charge is 0.367 e. The van der Waals surface area contributed by atoms with E-state index in [0.717, 1.165) is 38.3 Å². The Morgan fingerprint density at radius 1 is 1.15 bits per heavy atom. The van der Waals surface area contributed by atoms with Crippen LogP contribution >= 0.6 is 0 Å². The number of rotatable bonds is 5. The van der Waals surface area contributed by atoms with Crippen molar-refractivity contribution in [2.24, 2.45) is 11.7 Å². The molecule has 0 aromatic heterocycles. The molecule has 0 aliphatic carbocycles. The van der Waals surface area contributed by atoms with Gasteiger partial charge in [0, 0.05) is 38.8 Å². The van der Waals surface area contributed by atoms with Gasteiger partial charge in [0.05, 0.1) is 5.69 Å². The van der Waals surface area contributed by atoms with E-state index in [0.29, 0.717) is 18.5 Å². The standard InChI is InChI=1S/C16H26FN3/c1-13(2)11-14(12-18)19-7-9-20(10-8-19)16-6-4-3-5-15(16)17/h3-6,13-14H,7-12,18H2,1-2H3. The van der Waals surface area contributed by atoms with E-state index in [1.54, 1.807) is 6.07 Å². The van der Waals surface area contributed by atoms with E-state index in [9.17, 15) is 4.39 Å². The van der Waals surface area contributed by atoms with Crippen LogP contribution in [0.25, 0.3) is 0 Å². The van der Waals surface area contributed by atoms with Crippen molar-refractivity contribution >= 4 is 5.69 Å². The smallest absolute Gasteiger partial charge is 0.146 e. The summed E-state index contributed by atoms with van der Waals surface area (Å²) < 4.78 is 13.8. The van der Waals surface area contributed by atoms with Gasteiger partial charge >= 0.3 is 0 Å². The predicted molar refractivity (Wildman–Crippen MR) is 82.5 cm³/mol. The molecule has 1 aliphatic heterocycles. The first-order valence-electron chi connectivity index (χ1n) is 7.55. The van der Waals surface area contributed by atoms with Crippen LogP contribution in [0.5, 0.6) is 0 Å². The molecular weight excluding hydrogens is 253 g/mol. The summed E-state index contributed by atoms with van der Waals surface area (Å²) in [7, 11) is 0. The van der Waals surface area contributed by atoms with E-state index in [2.05, 4.69) is 23.6 Å². The minimum Gasteiger partial charge on any atom is -0.367 e. The number of hydrogen-bond donors (Lipinski definition) is 1. The van der Waals surface area contributed by atoms with Crippen LogP contribution in [-0.2, 0) is 0 Å². The monoisotopic (exact) mass is 279 g/mol. The Kier molecular flexibility index (Phi) is 5.38. The third-order valence-corrected chi connectivity index (χ3v) is 4.04. The summed E-state index contributed by atoms with van der Waals surface area (Å²) in [6.07, 6.45) is 1.14. The van der Waals surface area contributed by atoms with Crippen molar-refractivity contribution in [2.75, 3.05) is 37.6 Å². The van der Waals surface area contributed by atoms with Crippen LogP contribution in [0.1, 0.15) is 20.3 Å². The molecule has 0 bridgehead atoms. The Bertz CT molecular complexity index is 414. The summed E-state index contributed by atoms with van der Waals surface area (Å²) in [5.41, 5.74) is 6.63. The Hall–Kier alpha value is -1.13. The van der Waals surface area contributed by atoms with Gasteiger partial charge in [-0.25, -0.2) is 4.39 Å². The summed E-state index contributed by atoms with van der Waals surface area (Å²) in [5.74, 6) is 0.534. The van der Waals surface area contributed by atoms with Crippen molar-refractivity contribution in [3.63, 3.8) is 0 Å². The SMILES string of the molecule is CC(C)CC(CN)N1CCN(c2ccccc2F)CC1. The lowest BCUT2D eigenvalue weighted by atomic mass is 10.0. The Balaban J connectivity index is 1.93. The summed E-state index contributed by atoms with van der Waals surface area (Å²) in [4.78, 5) is 4.59.